The predicted molar refractivity (Wildman–Crippen MR) is 184 cm³/mol. The highest BCUT2D eigenvalue weighted by Gasteiger charge is 2.60. The lowest BCUT2D eigenvalue weighted by Gasteiger charge is -2.40. The van der Waals surface area contributed by atoms with Crippen LogP contribution in [0.4, 0.5) is 0 Å². The van der Waals surface area contributed by atoms with Gasteiger partial charge in [0.2, 0.25) is 5.91 Å². The van der Waals surface area contributed by atoms with E-state index in [1.54, 1.807) is 26.8 Å². The van der Waals surface area contributed by atoms with Gasteiger partial charge in [0, 0.05) is 31.9 Å². The number of hydrogen-bond acceptors (Lipinski definition) is 9. The zero-order chi connectivity index (χ0) is 35.4. The number of amides is 1. The maximum absolute atomic E-state index is 12.6. The van der Waals surface area contributed by atoms with Crippen molar-refractivity contribution < 1.29 is 42.8 Å². The van der Waals surface area contributed by atoms with Gasteiger partial charge in [-0.15, -0.1) is 0 Å². The highest BCUT2D eigenvalue weighted by atomic mass is 16.7. The first-order valence-corrected chi connectivity index (χ1v) is 18.0. The van der Waals surface area contributed by atoms with E-state index >= 15 is 0 Å². The lowest BCUT2D eigenvalue weighted by molar-refractivity contribution is -0.226. The van der Waals surface area contributed by atoms with E-state index in [2.05, 4.69) is 38.2 Å². The summed E-state index contributed by atoms with van der Waals surface area (Å²) in [4.78, 5) is 37.0. The molecule has 1 spiro atoms. The second-order valence-electron chi connectivity index (χ2n) is 14.1. The minimum atomic E-state index is -0.482. The standard InChI is InChI=1S/C38H61NO9/c1-10-12-13-30(40)21-31-22-38(23-44-38)36(47-29(9)43-11-2)34(48-31)18-15-25(5)14-17-33-26(6)20-32(28(8)46-33)39-35(41)19-16-27(7)45-37(42)24(3)4/h14-16,18-19,24,26-29,31-34,36H,10-13,17,20-23H2,1-9H3,(H,39,41)/b18-15+,19-16-,25-14+/t26-,27-,28+,29?,31+,32+,33-,34+,36+,38+/m0/s1. The molecule has 3 rings (SSSR count). The summed E-state index contributed by atoms with van der Waals surface area (Å²) in [5.41, 5.74) is 0.604. The molecule has 0 radical (unpaired) electrons. The zero-order valence-electron chi connectivity index (χ0n) is 30.7. The van der Waals surface area contributed by atoms with Crippen molar-refractivity contribution in [3.05, 3.63) is 36.0 Å². The molecule has 0 aromatic carbocycles. The maximum atomic E-state index is 12.6. The van der Waals surface area contributed by atoms with Crippen molar-refractivity contribution in [1.29, 1.82) is 0 Å². The quantitative estimate of drug-likeness (QED) is 0.0598. The number of epoxide rings is 1. The molecule has 10 atom stereocenters. The molecule has 0 aliphatic carbocycles. The van der Waals surface area contributed by atoms with Gasteiger partial charge in [-0.3, -0.25) is 14.4 Å². The average Bonchev–Trinajstić information content (AvgIpc) is 3.79. The first-order valence-electron chi connectivity index (χ1n) is 18.0. The van der Waals surface area contributed by atoms with E-state index in [9.17, 15) is 14.4 Å². The van der Waals surface area contributed by atoms with Crippen molar-refractivity contribution >= 4 is 17.7 Å². The molecule has 1 unspecified atom stereocenters. The molecule has 3 fully saturated rings. The second-order valence-corrected chi connectivity index (χ2v) is 14.1. The molecule has 48 heavy (non-hydrogen) atoms. The number of allylic oxidation sites excluding steroid dienone is 2. The van der Waals surface area contributed by atoms with Gasteiger partial charge in [0.15, 0.2) is 6.29 Å². The summed E-state index contributed by atoms with van der Waals surface area (Å²) in [5.74, 6) is -0.293. The molecule has 0 aromatic heterocycles. The lowest BCUT2D eigenvalue weighted by Crippen LogP contribution is -2.53. The largest absolute Gasteiger partial charge is 0.458 e. The number of Topliss-reactive ketones (excluding diaryl/α,β-unsaturated/α-hetero) is 1. The molecule has 272 valence electrons. The van der Waals surface area contributed by atoms with Gasteiger partial charge in [-0.2, -0.15) is 0 Å². The highest BCUT2D eigenvalue weighted by molar-refractivity contribution is 5.87. The van der Waals surface area contributed by atoms with Crippen LogP contribution in [0.25, 0.3) is 0 Å². The topological polar surface area (TPSA) is 122 Å². The Bertz CT molecular complexity index is 1140. The average molecular weight is 676 g/mol. The number of nitrogens with one attached hydrogen (secondary N) is 1. The molecule has 3 saturated heterocycles. The van der Waals surface area contributed by atoms with Crippen LogP contribution in [-0.2, 0) is 42.8 Å². The Morgan fingerprint density at radius 1 is 1.06 bits per heavy atom. The molecule has 3 heterocycles. The van der Waals surface area contributed by atoms with Crippen molar-refractivity contribution in [1.82, 2.24) is 5.32 Å². The van der Waals surface area contributed by atoms with Gasteiger partial charge in [0.1, 0.15) is 29.7 Å². The molecule has 0 saturated carbocycles. The van der Waals surface area contributed by atoms with Crippen molar-refractivity contribution in [2.45, 2.75) is 162 Å². The Kier molecular flexibility index (Phi) is 16.0. The lowest BCUT2D eigenvalue weighted by atomic mass is 9.86. The van der Waals surface area contributed by atoms with Crippen LogP contribution in [0.2, 0.25) is 0 Å². The number of unbranched alkanes of at least 4 members (excludes halogenated alkanes) is 1. The molecule has 10 nitrogen and oxygen atoms in total. The van der Waals surface area contributed by atoms with Crippen LogP contribution in [0.1, 0.15) is 107 Å². The van der Waals surface area contributed by atoms with Crippen LogP contribution in [0.15, 0.2) is 36.0 Å². The number of carbonyl (C=O) groups is 3. The molecule has 10 heteroatoms. The summed E-state index contributed by atoms with van der Waals surface area (Å²) in [7, 11) is 0. The third kappa shape index (κ3) is 12.5. The number of carbonyl (C=O) groups excluding carboxylic acids is 3. The number of ether oxygens (including phenoxy) is 6. The molecule has 3 aliphatic heterocycles. The number of esters is 1. The predicted octanol–water partition coefficient (Wildman–Crippen LogP) is 6.16. The molecule has 3 aliphatic rings. The fourth-order valence-electron chi connectivity index (χ4n) is 6.34. The van der Waals surface area contributed by atoms with Crippen molar-refractivity contribution in [3.8, 4) is 0 Å². The third-order valence-electron chi connectivity index (χ3n) is 9.32. The van der Waals surface area contributed by atoms with Gasteiger partial charge in [-0.05, 0) is 65.9 Å². The maximum Gasteiger partial charge on any atom is 0.308 e. The normalized spacial score (nSPS) is 32.1. The fourth-order valence-corrected chi connectivity index (χ4v) is 6.34. The van der Waals surface area contributed by atoms with Crippen molar-refractivity contribution in [2.24, 2.45) is 11.8 Å². The minimum absolute atomic E-state index is 0.0122. The van der Waals surface area contributed by atoms with E-state index in [0.717, 1.165) is 31.3 Å². The fraction of sp³-hybridized carbons (Fsp3) is 0.763. The van der Waals surface area contributed by atoms with Crippen LogP contribution in [0.3, 0.4) is 0 Å². The Morgan fingerprint density at radius 2 is 1.79 bits per heavy atom. The molecular formula is C38H61NO9. The van der Waals surface area contributed by atoms with Gasteiger partial charge >= 0.3 is 5.97 Å². The summed E-state index contributed by atoms with van der Waals surface area (Å²) in [6.07, 6.45) is 12.3. The summed E-state index contributed by atoms with van der Waals surface area (Å²) in [6, 6.07) is -0.120. The number of hydrogen-bond donors (Lipinski definition) is 1. The van der Waals surface area contributed by atoms with Crippen LogP contribution in [0, 0.1) is 11.8 Å². The van der Waals surface area contributed by atoms with E-state index in [-0.39, 0.29) is 66.1 Å². The van der Waals surface area contributed by atoms with E-state index in [1.807, 2.05) is 26.8 Å². The molecular weight excluding hydrogens is 614 g/mol. The molecule has 0 bridgehead atoms. The summed E-state index contributed by atoms with van der Waals surface area (Å²) >= 11 is 0. The second kappa shape index (κ2) is 19.1. The van der Waals surface area contributed by atoms with Gasteiger partial charge in [-0.1, -0.05) is 57.9 Å². The van der Waals surface area contributed by atoms with Crippen LogP contribution in [0.5, 0.6) is 0 Å². The van der Waals surface area contributed by atoms with Crippen LogP contribution < -0.4 is 5.32 Å². The van der Waals surface area contributed by atoms with E-state index in [4.69, 9.17) is 28.4 Å². The Morgan fingerprint density at radius 3 is 2.44 bits per heavy atom. The Labute approximate surface area is 288 Å². The van der Waals surface area contributed by atoms with E-state index in [0.29, 0.717) is 32.5 Å². The summed E-state index contributed by atoms with van der Waals surface area (Å²) < 4.78 is 36.2. The highest BCUT2D eigenvalue weighted by Crippen LogP contribution is 2.45. The smallest absolute Gasteiger partial charge is 0.308 e. The van der Waals surface area contributed by atoms with Gasteiger partial charge in [-0.25, -0.2) is 0 Å². The zero-order valence-corrected chi connectivity index (χ0v) is 30.7. The summed E-state index contributed by atoms with van der Waals surface area (Å²) in [6.45, 7) is 18.5. The van der Waals surface area contributed by atoms with E-state index < -0.39 is 18.0 Å². The first kappa shape index (κ1) is 40.1. The monoisotopic (exact) mass is 675 g/mol. The van der Waals surface area contributed by atoms with Crippen molar-refractivity contribution in [3.63, 3.8) is 0 Å². The third-order valence-corrected chi connectivity index (χ3v) is 9.32. The van der Waals surface area contributed by atoms with E-state index in [1.165, 1.54) is 6.08 Å². The Balaban J connectivity index is 1.58. The minimum Gasteiger partial charge on any atom is -0.458 e. The van der Waals surface area contributed by atoms with Gasteiger partial charge < -0.3 is 33.7 Å². The first-order chi connectivity index (χ1) is 22.8. The Hall–Kier alpha value is -2.37. The van der Waals surface area contributed by atoms with Crippen LogP contribution in [-0.4, -0.2) is 85.4 Å². The van der Waals surface area contributed by atoms with Crippen molar-refractivity contribution in [2.75, 3.05) is 13.2 Å². The molecule has 0 aromatic rings. The molecule has 1 amide bonds. The summed E-state index contributed by atoms with van der Waals surface area (Å²) in [5, 5.41) is 3.05. The SMILES string of the molecule is CCCCC(=O)C[C@@H]1C[C@@]2(CO2)[C@H](OC(C)OCC)[C@@H](/C=C/C(C)=C/C[C@@H]2O[C@H](C)[C@H](NC(=O)/C=C\[C@H](C)OC(=O)C(C)C)C[C@@H]2C)O1. The van der Waals surface area contributed by atoms with Crippen LogP contribution >= 0.6 is 0 Å². The number of rotatable bonds is 18. The van der Waals surface area contributed by atoms with Gasteiger partial charge in [0.25, 0.3) is 0 Å². The van der Waals surface area contributed by atoms with Gasteiger partial charge in [0.05, 0.1) is 36.9 Å². The molecule has 1 N–H and O–H groups in total. The number of ketones is 1.